The third kappa shape index (κ3) is 1.87. The molecule has 0 amide bonds. The summed E-state index contributed by atoms with van der Waals surface area (Å²) in [5.74, 6) is 0. The smallest absolute Gasteiger partial charge is 0.0707 e. The highest BCUT2D eigenvalue weighted by molar-refractivity contribution is 7.05. The number of benzene rings is 1. The van der Waals surface area contributed by atoms with Crippen molar-refractivity contribution < 1.29 is 0 Å². The SMILES string of the molecule is CNC(c1cnns1)c1cccc2ncccc12. The molecule has 0 spiro atoms. The second kappa shape index (κ2) is 4.80. The number of fused-ring (bicyclic) bond motifs is 1. The summed E-state index contributed by atoms with van der Waals surface area (Å²) < 4.78 is 3.93. The second-order valence-electron chi connectivity index (χ2n) is 3.96. The van der Waals surface area contributed by atoms with Crippen molar-refractivity contribution in [3.63, 3.8) is 0 Å². The standard InChI is InChI=1S/C13H12N4S/c1-14-13(12-8-16-17-18-12)10-4-2-6-11-9(10)5-3-7-15-11/h2-8,13-14H,1H3. The van der Waals surface area contributed by atoms with Crippen molar-refractivity contribution in [1.82, 2.24) is 19.9 Å². The fourth-order valence-electron chi connectivity index (χ4n) is 2.13. The molecule has 1 atom stereocenters. The average Bonchev–Trinajstić information content (AvgIpc) is 2.94. The highest BCUT2D eigenvalue weighted by Gasteiger charge is 2.16. The van der Waals surface area contributed by atoms with Gasteiger partial charge in [0.15, 0.2) is 0 Å². The summed E-state index contributed by atoms with van der Waals surface area (Å²) in [5, 5.41) is 8.38. The van der Waals surface area contributed by atoms with Gasteiger partial charge in [-0.05, 0) is 36.3 Å². The van der Waals surface area contributed by atoms with E-state index in [1.54, 1.807) is 6.20 Å². The third-order valence-corrected chi connectivity index (χ3v) is 3.67. The molecular weight excluding hydrogens is 244 g/mol. The summed E-state index contributed by atoms with van der Waals surface area (Å²) in [6.45, 7) is 0. The van der Waals surface area contributed by atoms with Crippen LogP contribution < -0.4 is 5.32 Å². The molecule has 4 nitrogen and oxygen atoms in total. The Morgan fingerprint density at radius 2 is 2.17 bits per heavy atom. The maximum Gasteiger partial charge on any atom is 0.0707 e. The molecule has 90 valence electrons. The van der Waals surface area contributed by atoms with Gasteiger partial charge in [-0.3, -0.25) is 4.98 Å². The molecule has 0 aliphatic heterocycles. The fourth-order valence-corrected chi connectivity index (χ4v) is 2.76. The summed E-state index contributed by atoms with van der Waals surface area (Å²) in [4.78, 5) is 5.49. The Kier molecular flexibility index (Phi) is 3.00. The van der Waals surface area contributed by atoms with E-state index >= 15 is 0 Å². The highest BCUT2D eigenvalue weighted by atomic mass is 32.1. The first-order valence-corrected chi connectivity index (χ1v) is 6.45. The van der Waals surface area contributed by atoms with E-state index in [4.69, 9.17) is 0 Å². The van der Waals surface area contributed by atoms with E-state index in [0.29, 0.717) is 0 Å². The Bertz CT molecular complexity index is 646. The molecule has 1 aromatic carbocycles. The summed E-state index contributed by atoms with van der Waals surface area (Å²) in [6.07, 6.45) is 3.62. The van der Waals surface area contributed by atoms with Crippen molar-refractivity contribution in [3.8, 4) is 0 Å². The lowest BCUT2D eigenvalue weighted by Gasteiger charge is -2.16. The predicted octanol–water partition coefficient (Wildman–Crippen LogP) is 2.40. The van der Waals surface area contributed by atoms with Crippen LogP contribution >= 0.6 is 11.5 Å². The molecule has 0 saturated heterocycles. The molecule has 0 aliphatic carbocycles. The molecule has 1 unspecified atom stereocenters. The van der Waals surface area contributed by atoms with Crippen LogP contribution in [0.4, 0.5) is 0 Å². The highest BCUT2D eigenvalue weighted by Crippen LogP contribution is 2.28. The summed E-state index contributed by atoms with van der Waals surface area (Å²) in [7, 11) is 1.94. The number of nitrogens with one attached hydrogen (secondary N) is 1. The van der Waals surface area contributed by atoms with Gasteiger partial charge in [-0.25, -0.2) is 0 Å². The molecule has 0 bridgehead atoms. The van der Waals surface area contributed by atoms with Crippen molar-refractivity contribution in [2.24, 2.45) is 0 Å². The van der Waals surface area contributed by atoms with Crippen LogP contribution in [-0.4, -0.2) is 21.6 Å². The minimum absolute atomic E-state index is 0.109. The van der Waals surface area contributed by atoms with E-state index in [0.717, 1.165) is 15.8 Å². The first kappa shape index (κ1) is 11.3. The van der Waals surface area contributed by atoms with E-state index < -0.39 is 0 Å². The fraction of sp³-hybridized carbons (Fsp3) is 0.154. The molecule has 0 saturated carbocycles. The lowest BCUT2D eigenvalue weighted by Crippen LogP contribution is -2.16. The molecular formula is C13H12N4S. The van der Waals surface area contributed by atoms with Crippen molar-refractivity contribution >= 4 is 22.4 Å². The van der Waals surface area contributed by atoms with Gasteiger partial charge < -0.3 is 5.32 Å². The van der Waals surface area contributed by atoms with Crippen LogP contribution in [0.25, 0.3) is 10.9 Å². The summed E-state index contributed by atoms with van der Waals surface area (Å²) >= 11 is 1.41. The zero-order chi connectivity index (χ0) is 12.4. The zero-order valence-electron chi connectivity index (χ0n) is 9.87. The summed E-state index contributed by atoms with van der Waals surface area (Å²) in [5.41, 5.74) is 2.21. The monoisotopic (exact) mass is 256 g/mol. The predicted molar refractivity (Wildman–Crippen MR) is 72.6 cm³/mol. The van der Waals surface area contributed by atoms with Gasteiger partial charge in [-0.2, -0.15) is 0 Å². The topological polar surface area (TPSA) is 50.7 Å². The van der Waals surface area contributed by atoms with Gasteiger partial charge >= 0.3 is 0 Å². The van der Waals surface area contributed by atoms with Gasteiger partial charge in [-0.15, -0.1) is 5.10 Å². The molecule has 0 radical (unpaired) electrons. The van der Waals surface area contributed by atoms with E-state index in [1.807, 2.05) is 31.4 Å². The van der Waals surface area contributed by atoms with E-state index in [9.17, 15) is 0 Å². The number of hydrogen-bond acceptors (Lipinski definition) is 5. The summed E-state index contributed by atoms with van der Waals surface area (Å²) in [6, 6.07) is 10.3. The van der Waals surface area contributed by atoms with Crippen LogP contribution in [0.5, 0.6) is 0 Å². The maximum atomic E-state index is 4.38. The molecule has 0 fully saturated rings. The Morgan fingerprint density at radius 3 is 2.94 bits per heavy atom. The lowest BCUT2D eigenvalue weighted by atomic mass is 10.0. The first-order valence-electron chi connectivity index (χ1n) is 5.68. The van der Waals surface area contributed by atoms with Crippen LogP contribution in [0.15, 0.2) is 42.7 Å². The van der Waals surface area contributed by atoms with Crippen molar-refractivity contribution in [2.45, 2.75) is 6.04 Å². The van der Waals surface area contributed by atoms with E-state index in [-0.39, 0.29) is 6.04 Å². The van der Waals surface area contributed by atoms with Gasteiger partial charge in [0.25, 0.3) is 0 Å². The van der Waals surface area contributed by atoms with Gasteiger partial charge in [-0.1, -0.05) is 22.7 Å². The minimum atomic E-state index is 0.109. The molecule has 2 aromatic heterocycles. The Balaban J connectivity index is 2.18. The van der Waals surface area contributed by atoms with Gasteiger partial charge in [0.1, 0.15) is 0 Å². The van der Waals surface area contributed by atoms with Gasteiger partial charge in [0, 0.05) is 11.6 Å². The van der Waals surface area contributed by atoms with Gasteiger partial charge in [0.2, 0.25) is 0 Å². The van der Waals surface area contributed by atoms with Crippen molar-refractivity contribution in [3.05, 3.63) is 53.2 Å². The lowest BCUT2D eigenvalue weighted by molar-refractivity contribution is 0.707. The molecule has 3 rings (SSSR count). The molecule has 5 heteroatoms. The number of pyridine rings is 1. The van der Waals surface area contributed by atoms with E-state index in [2.05, 4.69) is 32.0 Å². The largest absolute Gasteiger partial charge is 0.309 e. The van der Waals surface area contributed by atoms with Crippen LogP contribution in [-0.2, 0) is 0 Å². The van der Waals surface area contributed by atoms with Crippen molar-refractivity contribution in [2.75, 3.05) is 7.05 Å². The quantitative estimate of drug-likeness (QED) is 0.781. The maximum absolute atomic E-state index is 4.38. The third-order valence-electron chi connectivity index (χ3n) is 2.94. The number of rotatable bonds is 3. The molecule has 0 aliphatic rings. The second-order valence-corrected chi connectivity index (χ2v) is 4.78. The Labute approximate surface area is 109 Å². The molecule has 3 aromatic rings. The Morgan fingerprint density at radius 1 is 1.22 bits per heavy atom. The van der Waals surface area contributed by atoms with E-state index in [1.165, 1.54) is 17.1 Å². The molecule has 1 N–H and O–H groups in total. The van der Waals surface area contributed by atoms with Crippen LogP contribution in [0.2, 0.25) is 0 Å². The zero-order valence-corrected chi connectivity index (χ0v) is 10.7. The van der Waals surface area contributed by atoms with Crippen molar-refractivity contribution in [1.29, 1.82) is 0 Å². The van der Waals surface area contributed by atoms with Crippen LogP contribution in [0.1, 0.15) is 16.5 Å². The number of aromatic nitrogens is 3. The first-order chi connectivity index (χ1) is 8.90. The normalized spacial score (nSPS) is 12.7. The van der Waals surface area contributed by atoms with Crippen LogP contribution in [0.3, 0.4) is 0 Å². The number of nitrogens with zero attached hydrogens (tertiary/aromatic N) is 3. The minimum Gasteiger partial charge on any atom is -0.309 e. The Hall–Kier alpha value is -1.85. The van der Waals surface area contributed by atoms with Crippen LogP contribution in [0, 0.1) is 0 Å². The molecule has 2 heterocycles. The van der Waals surface area contributed by atoms with Gasteiger partial charge in [0.05, 0.1) is 22.6 Å². The number of hydrogen-bond donors (Lipinski definition) is 1. The molecule has 18 heavy (non-hydrogen) atoms. The average molecular weight is 256 g/mol.